The number of benzene rings is 1. The van der Waals surface area contributed by atoms with Crippen LogP contribution in [0.3, 0.4) is 0 Å². The molecule has 3 rings (SSSR count). The molecule has 1 aromatic carbocycles. The van der Waals surface area contributed by atoms with Gasteiger partial charge < -0.3 is 10.0 Å². The van der Waals surface area contributed by atoms with Gasteiger partial charge in [-0.15, -0.1) is 0 Å². The first kappa shape index (κ1) is 17.1. The highest BCUT2D eigenvalue weighted by atomic mass is 32.2. The molecule has 1 saturated heterocycles. The van der Waals surface area contributed by atoms with E-state index in [1.54, 1.807) is 6.07 Å². The highest BCUT2D eigenvalue weighted by Crippen LogP contribution is 2.35. The van der Waals surface area contributed by atoms with Gasteiger partial charge in [-0.25, -0.2) is 13.2 Å². The molecule has 0 unspecified atom stereocenters. The van der Waals surface area contributed by atoms with Gasteiger partial charge in [0.05, 0.1) is 11.4 Å². The van der Waals surface area contributed by atoms with Crippen molar-refractivity contribution in [2.24, 2.45) is 5.92 Å². The molecule has 7 heteroatoms. The molecule has 1 saturated carbocycles. The van der Waals surface area contributed by atoms with Gasteiger partial charge in [0, 0.05) is 13.1 Å². The molecule has 1 aliphatic heterocycles. The number of amides is 1. The molecule has 1 amide bonds. The Bertz CT molecular complexity index is 692. The zero-order valence-corrected chi connectivity index (χ0v) is 14.5. The number of rotatable bonds is 6. The molecule has 0 aromatic heterocycles. The summed E-state index contributed by atoms with van der Waals surface area (Å²) in [6, 6.07) is 7.48. The van der Waals surface area contributed by atoms with Gasteiger partial charge >= 0.3 is 6.09 Å². The molecule has 0 bridgehead atoms. The summed E-state index contributed by atoms with van der Waals surface area (Å²) in [7, 11) is -3.33. The van der Waals surface area contributed by atoms with E-state index >= 15 is 0 Å². The Morgan fingerprint density at radius 2 is 1.83 bits per heavy atom. The van der Waals surface area contributed by atoms with Crippen molar-refractivity contribution in [2.45, 2.75) is 38.0 Å². The Balaban J connectivity index is 1.67. The lowest BCUT2D eigenvalue weighted by Gasteiger charge is -2.31. The summed E-state index contributed by atoms with van der Waals surface area (Å²) in [5, 5.41) is 9.05. The molecule has 1 aliphatic carbocycles. The van der Waals surface area contributed by atoms with Crippen LogP contribution in [-0.2, 0) is 10.0 Å². The first-order valence-corrected chi connectivity index (χ1v) is 10.2. The van der Waals surface area contributed by atoms with Crippen LogP contribution in [0.5, 0.6) is 0 Å². The molecule has 6 nitrogen and oxygen atoms in total. The maximum Gasteiger partial charge on any atom is 0.407 e. The lowest BCUT2D eigenvalue weighted by atomic mass is 9.88. The summed E-state index contributed by atoms with van der Waals surface area (Å²) in [4.78, 5) is 12.4. The number of para-hydroxylation sites is 1. The Morgan fingerprint density at radius 1 is 1.17 bits per heavy atom. The monoisotopic (exact) mass is 352 g/mol. The largest absolute Gasteiger partial charge is 0.465 e. The predicted octanol–water partition coefficient (Wildman–Crippen LogP) is 3.09. The Kier molecular flexibility index (Phi) is 4.99. The van der Waals surface area contributed by atoms with Crippen LogP contribution in [0.1, 0.15) is 43.6 Å². The number of likely N-dealkylation sites (tertiary alicyclic amines) is 1. The lowest BCUT2D eigenvalue weighted by molar-refractivity contribution is 0.132. The van der Waals surface area contributed by atoms with Gasteiger partial charge in [-0.1, -0.05) is 31.0 Å². The highest BCUT2D eigenvalue weighted by Gasteiger charge is 2.27. The summed E-state index contributed by atoms with van der Waals surface area (Å²) in [5.41, 5.74) is 1.61. The maximum absolute atomic E-state index is 12.3. The summed E-state index contributed by atoms with van der Waals surface area (Å²) in [5.74, 6) is 0.934. The van der Waals surface area contributed by atoms with Crippen LogP contribution in [0.15, 0.2) is 24.3 Å². The normalized spacial score (nSPS) is 19.2. The summed E-state index contributed by atoms with van der Waals surface area (Å²) in [6.07, 6.45) is 3.57. The average molecular weight is 352 g/mol. The minimum absolute atomic E-state index is 0.170. The molecule has 0 radical (unpaired) electrons. The van der Waals surface area contributed by atoms with E-state index in [1.165, 1.54) is 4.90 Å². The molecule has 2 N–H and O–H groups in total. The minimum Gasteiger partial charge on any atom is -0.465 e. The van der Waals surface area contributed by atoms with E-state index in [0.717, 1.165) is 24.8 Å². The number of sulfonamides is 1. The fourth-order valence-electron chi connectivity index (χ4n) is 3.27. The van der Waals surface area contributed by atoms with E-state index in [0.29, 0.717) is 37.5 Å². The standard InChI is InChI=1S/C17H24N2O4S/c20-17(21)19-10-7-14(8-11-19)15-3-1-2-4-16(15)18-24(22,23)12-9-13-5-6-13/h1-4,13-14,18H,5-12H2,(H,20,21). The second-order valence-corrected chi connectivity index (χ2v) is 8.63. The summed E-state index contributed by atoms with van der Waals surface area (Å²) >= 11 is 0. The van der Waals surface area contributed by atoms with Crippen LogP contribution in [0, 0.1) is 5.92 Å². The lowest BCUT2D eigenvalue weighted by Crippen LogP contribution is -2.37. The average Bonchev–Trinajstić information content (AvgIpc) is 3.38. The number of piperidine rings is 1. The fraction of sp³-hybridized carbons (Fsp3) is 0.588. The number of carboxylic acid groups (broad SMARTS) is 1. The molecule has 2 fully saturated rings. The van der Waals surface area contributed by atoms with Crippen LogP contribution in [0.4, 0.5) is 10.5 Å². The van der Waals surface area contributed by atoms with Gasteiger partial charge in [-0.3, -0.25) is 4.72 Å². The van der Waals surface area contributed by atoms with Gasteiger partial charge in [0.2, 0.25) is 10.0 Å². The van der Waals surface area contributed by atoms with Crippen molar-refractivity contribution in [2.75, 3.05) is 23.6 Å². The first-order valence-electron chi connectivity index (χ1n) is 8.52. The van der Waals surface area contributed by atoms with E-state index in [9.17, 15) is 13.2 Å². The van der Waals surface area contributed by atoms with Gasteiger partial charge in [0.25, 0.3) is 0 Å². The third kappa shape index (κ3) is 4.41. The number of nitrogens with zero attached hydrogens (tertiary/aromatic N) is 1. The molecule has 132 valence electrons. The quantitative estimate of drug-likeness (QED) is 0.824. The number of hydrogen-bond donors (Lipinski definition) is 2. The van der Waals surface area contributed by atoms with E-state index in [4.69, 9.17) is 5.11 Å². The number of nitrogens with one attached hydrogen (secondary N) is 1. The van der Waals surface area contributed by atoms with E-state index in [1.807, 2.05) is 18.2 Å². The number of anilines is 1. The molecule has 1 aromatic rings. The van der Waals surface area contributed by atoms with Crippen LogP contribution < -0.4 is 4.72 Å². The van der Waals surface area contributed by atoms with Gasteiger partial charge in [0.15, 0.2) is 0 Å². The zero-order chi connectivity index (χ0) is 17.2. The predicted molar refractivity (Wildman–Crippen MR) is 92.8 cm³/mol. The molecule has 1 heterocycles. The molecule has 2 aliphatic rings. The maximum atomic E-state index is 12.3. The van der Waals surface area contributed by atoms with Gasteiger partial charge in [0.1, 0.15) is 0 Å². The van der Waals surface area contributed by atoms with Crippen molar-refractivity contribution >= 4 is 21.8 Å². The smallest absolute Gasteiger partial charge is 0.407 e. The molecule has 0 atom stereocenters. The highest BCUT2D eigenvalue weighted by molar-refractivity contribution is 7.92. The van der Waals surface area contributed by atoms with E-state index in [2.05, 4.69) is 4.72 Å². The summed E-state index contributed by atoms with van der Waals surface area (Å²) < 4.78 is 27.4. The Hall–Kier alpha value is -1.76. The van der Waals surface area contributed by atoms with Crippen LogP contribution in [-0.4, -0.2) is 43.4 Å². The number of hydrogen-bond acceptors (Lipinski definition) is 3. The fourth-order valence-corrected chi connectivity index (χ4v) is 4.54. The van der Waals surface area contributed by atoms with Crippen LogP contribution in [0.25, 0.3) is 0 Å². The Labute approximate surface area is 142 Å². The third-order valence-electron chi connectivity index (χ3n) is 4.92. The van der Waals surface area contributed by atoms with E-state index < -0.39 is 16.1 Å². The van der Waals surface area contributed by atoms with Crippen LogP contribution >= 0.6 is 0 Å². The minimum atomic E-state index is -3.33. The van der Waals surface area contributed by atoms with Crippen molar-refractivity contribution in [3.05, 3.63) is 29.8 Å². The second kappa shape index (κ2) is 7.01. The topological polar surface area (TPSA) is 86.7 Å². The molecular formula is C17H24N2O4S. The van der Waals surface area contributed by atoms with Crippen molar-refractivity contribution in [3.8, 4) is 0 Å². The Morgan fingerprint density at radius 3 is 2.46 bits per heavy atom. The van der Waals surface area contributed by atoms with Gasteiger partial charge in [-0.05, 0) is 42.7 Å². The van der Waals surface area contributed by atoms with Gasteiger partial charge in [-0.2, -0.15) is 0 Å². The third-order valence-corrected chi connectivity index (χ3v) is 6.23. The zero-order valence-electron chi connectivity index (χ0n) is 13.6. The van der Waals surface area contributed by atoms with Crippen molar-refractivity contribution < 1.29 is 18.3 Å². The second-order valence-electron chi connectivity index (χ2n) is 6.78. The SMILES string of the molecule is O=C(O)N1CCC(c2ccccc2NS(=O)(=O)CCC2CC2)CC1. The summed E-state index contributed by atoms with van der Waals surface area (Å²) in [6.45, 7) is 0.978. The van der Waals surface area contributed by atoms with Crippen molar-refractivity contribution in [1.29, 1.82) is 0 Å². The van der Waals surface area contributed by atoms with Crippen molar-refractivity contribution in [1.82, 2.24) is 4.90 Å². The van der Waals surface area contributed by atoms with Crippen LogP contribution in [0.2, 0.25) is 0 Å². The first-order chi connectivity index (χ1) is 11.4. The number of carbonyl (C=O) groups is 1. The van der Waals surface area contributed by atoms with E-state index in [-0.39, 0.29) is 11.7 Å². The molecular weight excluding hydrogens is 328 g/mol. The molecule has 24 heavy (non-hydrogen) atoms. The van der Waals surface area contributed by atoms with Crippen molar-refractivity contribution in [3.63, 3.8) is 0 Å². The molecule has 0 spiro atoms.